The summed E-state index contributed by atoms with van der Waals surface area (Å²) in [6, 6.07) is 11.3. The summed E-state index contributed by atoms with van der Waals surface area (Å²) in [5.41, 5.74) is 6.94. The van der Waals surface area contributed by atoms with Crippen LogP contribution in [0.2, 0.25) is 0 Å². The van der Waals surface area contributed by atoms with Crippen LogP contribution in [-0.4, -0.2) is 25.3 Å². The number of rotatable bonds is 4. The molecule has 0 bridgehead atoms. The van der Waals surface area contributed by atoms with Gasteiger partial charge in [-0.3, -0.25) is 4.79 Å². The summed E-state index contributed by atoms with van der Waals surface area (Å²) >= 11 is 0. The fourth-order valence-corrected chi connectivity index (χ4v) is 2.00. The second kappa shape index (κ2) is 6.27. The molecule has 7 heteroatoms. The Hall–Kier alpha value is -3.22. The predicted molar refractivity (Wildman–Crippen MR) is 82.3 cm³/mol. The molecule has 118 valence electrons. The van der Waals surface area contributed by atoms with Crippen LogP contribution in [0, 0.1) is 0 Å². The van der Waals surface area contributed by atoms with Crippen LogP contribution in [0.5, 0.6) is 11.5 Å². The van der Waals surface area contributed by atoms with Crippen molar-refractivity contribution < 1.29 is 23.8 Å². The number of carbonyl (C=O) groups excluding carboxylic acids is 2. The van der Waals surface area contributed by atoms with Gasteiger partial charge in [-0.15, -0.1) is 0 Å². The fourth-order valence-electron chi connectivity index (χ4n) is 2.00. The van der Waals surface area contributed by atoms with Gasteiger partial charge in [-0.05, 0) is 36.4 Å². The first-order valence-corrected chi connectivity index (χ1v) is 6.84. The van der Waals surface area contributed by atoms with E-state index in [0.717, 1.165) is 0 Å². The summed E-state index contributed by atoms with van der Waals surface area (Å²) in [7, 11) is 0. The third-order valence-electron chi connectivity index (χ3n) is 3.14. The first-order valence-electron chi connectivity index (χ1n) is 6.84. The molecular formula is C16H14N2O5. The maximum absolute atomic E-state index is 11.8. The van der Waals surface area contributed by atoms with E-state index in [9.17, 15) is 9.59 Å². The minimum absolute atomic E-state index is 0.159. The van der Waals surface area contributed by atoms with E-state index in [1.807, 2.05) is 0 Å². The van der Waals surface area contributed by atoms with E-state index in [-0.39, 0.29) is 6.79 Å². The van der Waals surface area contributed by atoms with Gasteiger partial charge in [-0.2, -0.15) is 0 Å². The highest BCUT2D eigenvalue weighted by Crippen LogP contribution is 2.34. The number of nitrogen functional groups attached to an aromatic ring is 1. The van der Waals surface area contributed by atoms with Crippen LogP contribution in [0.4, 0.5) is 11.4 Å². The third kappa shape index (κ3) is 3.52. The molecule has 3 rings (SSSR count). The molecular weight excluding hydrogens is 300 g/mol. The van der Waals surface area contributed by atoms with Gasteiger partial charge in [0.2, 0.25) is 6.79 Å². The maximum Gasteiger partial charge on any atom is 0.338 e. The lowest BCUT2D eigenvalue weighted by atomic mass is 10.2. The zero-order chi connectivity index (χ0) is 16.2. The molecule has 1 heterocycles. The Morgan fingerprint density at radius 2 is 1.83 bits per heavy atom. The van der Waals surface area contributed by atoms with Gasteiger partial charge in [0, 0.05) is 17.4 Å². The molecule has 0 aliphatic carbocycles. The number of nitrogens with two attached hydrogens (primary N) is 1. The summed E-state index contributed by atoms with van der Waals surface area (Å²) in [5, 5.41) is 2.62. The molecule has 0 fully saturated rings. The van der Waals surface area contributed by atoms with Gasteiger partial charge in [-0.1, -0.05) is 0 Å². The Morgan fingerprint density at radius 1 is 1.09 bits per heavy atom. The van der Waals surface area contributed by atoms with E-state index in [0.29, 0.717) is 28.4 Å². The zero-order valence-corrected chi connectivity index (χ0v) is 12.1. The first kappa shape index (κ1) is 14.7. The lowest BCUT2D eigenvalue weighted by Gasteiger charge is -2.07. The SMILES string of the molecule is Nc1ccc(C(=O)OCC(=O)Nc2ccc3c(c2)OCO3)cc1. The molecule has 1 aliphatic heterocycles. The molecule has 0 spiro atoms. The molecule has 0 unspecified atom stereocenters. The van der Waals surface area contributed by atoms with Crippen molar-refractivity contribution in [3.63, 3.8) is 0 Å². The van der Waals surface area contributed by atoms with Crippen molar-refractivity contribution in [2.45, 2.75) is 0 Å². The molecule has 23 heavy (non-hydrogen) atoms. The number of benzene rings is 2. The van der Waals surface area contributed by atoms with Crippen LogP contribution < -0.4 is 20.5 Å². The molecule has 0 saturated carbocycles. The second-order valence-corrected chi connectivity index (χ2v) is 4.81. The number of fused-ring (bicyclic) bond motifs is 1. The Morgan fingerprint density at radius 3 is 2.61 bits per heavy atom. The van der Waals surface area contributed by atoms with Crippen LogP contribution >= 0.6 is 0 Å². The Bertz CT molecular complexity index is 743. The number of esters is 1. The van der Waals surface area contributed by atoms with Gasteiger partial charge in [-0.25, -0.2) is 4.79 Å². The summed E-state index contributed by atoms with van der Waals surface area (Å²) < 4.78 is 15.3. The molecule has 7 nitrogen and oxygen atoms in total. The lowest BCUT2D eigenvalue weighted by Crippen LogP contribution is -2.20. The summed E-state index contributed by atoms with van der Waals surface area (Å²) in [4.78, 5) is 23.6. The predicted octanol–water partition coefficient (Wildman–Crippen LogP) is 1.79. The van der Waals surface area contributed by atoms with E-state index in [1.165, 1.54) is 12.1 Å². The lowest BCUT2D eigenvalue weighted by molar-refractivity contribution is -0.119. The average Bonchev–Trinajstić information content (AvgIpc) is 3.01. The van der Waals surface area contributed by atoms with Gasteiger partial charge in [0.05, 0.1) is 5.56 Å². The van der Waals surface area contributed by atoms with E-state index in [1.54, 1.807) is 30.3 Å². The summed E-state index contributed by atoms with van der Waals surface area (Å²) in [6.45, 7) is -0.233. The van der Waals surface area contributed by atoms with Crippen molar-refractivity contribution in [2.24, 2.45) is 0 Å². The van der Waals surface area contributed by atoms with E-state index in [4.69, 9.17) is 19.9 Å². The summed E-state index contributed by atoms with van der Waals surface area (Å²) in [6.07, 6.45) is 0. The average molecular weight is 314 g/mol. The number of hydrogen-bond acceptors (Lipinski definition) is 6. The van der Waals surface area contributed by atoms with Crippen molar-refractivity contribution in [3.05, 3.63) is 48.0 Å². The van der Waals surface area contributed by atoms with Gasteiger partial charge >= 0.3 is 5.97 Å². The fraction of sp³-hybridized carbons (Fsp3) is 0.125. The minimum Gasteiger partial charge on any atom is -0.454 e. The van der Waals surface area contributed by atoms with Crippen molar-refractivity contribution in [2.75, 3.05) is 24.5 Å². The molecule has 1 aliphatic rings. The number of nitrogens with one attached hydrogen (secondary N) is 1. The molecule has 0 atom stereocenters. The quantitative estimate of drug-likeness (QED) is 0.659. The normalized spacial score (nSPS) is 11.8. The van der Waals surface area contributed by atoms with Crippen molar-refractivity contribution >= 4 is 23.3 Å². The van der Waals surface area contributed by atoms with Crippen molar-refractivity contribution in [1.82, 2.24) is 0 Å². The van der Waals surface area contributed by atoms with Crippen LogP contribution in [0.1, 0.15) is 10.4 Å². The topological polar surface area (TPSA) is 99.9 Å². The van der Waals surface area contributed by atoms with Crippen LogP contribution in [0.3, 0.4) is 0 Å². The zero-order valence-electron chi connectivity index (χ0n) is 12.1. The highest BCUT2D eigenvalue weighted by Gasteiger charge is 2.15. The highest BCUT2D eigenvalue weighted by molar-refractivity contribution is 5.95. The molecule has 2 aromatic rings. The molecule has 3 N–H and O–H groups in total. The van der Waals surface area contributed by atoms with E-state index < -0.39 is 18.5 Å². The highest BCUT2D eigenvalue weighted by atomic mass is 16.7. The monoisotopic (exact) mass is 314 g/mol. The van der Waals surface area contributed by atoms with Crippen molar-refractivity contribution in [1.29, 1.82) is 0 Å². The Kier molecular flexibility index (Phi) is 4.01. The van der Waals surface area contributed by atoms with Gasteiger partial charge in [0.25, 0.3) is 5.91 Å². The number of hydrogen-bond donors (Lipinski definition) is 2. The largest absolute Gasteiger partial charge is 0.454 e. The molecule has 0 saturated heterocycles. The number of amides is 1. The molecule has 1 amide bonds. The van der Waals surface area contributed by atoms with E-state index >= 15 is 0 Å². The van der Waals surface area contributed by atoms with Crippen LogP contribution in [0.25, 0.3) is 0 Å². The number of ether oxygens (including phenoxy) is 3. The minimum atomic E-state index is -0.592. The molecule has 0 aromatic heterocycles. The van der Waals surface area contributed by atoms with Crippen LogP contribution in [0.15, 0.2) is 42.5 Å². The van der Waals surface area contributed by atoms with Crippen LogP contribution in [-0.2, 0) is 9.53 Å². The second-order valence-electron chi connectivity index (χ2n) is 4.81. The van der Waals surface area contributed by atoms with E-state index in [2.05, 4.69) is 5.32 Å². The van der Waals surface area contributed by atoms with Gasteiger partial charge in [0.15, 0.2) is 18.1 Å². The standard InChI is InChI=1S/C16H14N2O5/c17-11-3-1-10(2-4-11)16(20)21-8-15(19)18-12-5-6-13-14(7-12)23-9-22-13/h1-7H,8-9,17H2,(H,18,19). The van der Waals surface area contributed by atoms with Gasteiger partial charge < -0.3 is 25.3 Å². The first-order chi connectivity index (χ1) is 11.1. The molecule has 0 radical (unpaired) electrons. The Balaban J connectivity index is 1.53. The number of anilines is 2. The maximum atomic E-state index is 11.8. The van der Waals surface area contributed by atoms with Gasteiger partial charge in [0.1, 0.15) is 0 Å². The Labute approximate surface area is 131 Å². The smallest absolute Gasteiger partial charge is 0.338 e. The van der Waals surface area contributed by atoms with Crippen molar-refractivity contribution in [3.8, 4) is 11.5 Å². The number of carbonyl (C=O) groups is 2. The third-order valence-corrected chi connectivity index (χ3v) is 3.14. The molecule has 2 aromatic carbocycles. The summed E-state index contributed by atoms with van der Waals surface area (Å²) in [5.74, 6) is 0.137.